The number of benzene rings is 1. The van der Waals surface area contributed by atoms with Gasteiger partial charge in [0.2, 0.25) is 11.7 Å². The lowest BCUT2D eigenvalue weighted by Gasteiger charge is -2.11. The Morgan fingerprint density at radius 3 is 2.71 bits per heavy atom. The molecule has 28 heavy (non-hydrogen) atoms. The van der Waals surface area contributed by atoms with Gasteiger partial charge in [0.15, 0.2) is 0 Å². The van der Waals surface area contributed by atoms with Gasteiger partial charge in [-0.3, -0.25) is 9.82 Å². The van der Waals surface area contributed by atoms with E-state index in [1.165, 1.54) is 11.3 Å². The first-order valence-electron chi connectivity index (χ1n) is 8.43. The van der Waals surface area contributed by atoms with Crippen molar-refractivity contribution < 1.29 is 12.9 Å². The van der Waals surface area contributed by atoms with Crippen LogP contribution < -0.4 is 4.72 Å². The van der Waals surface area contributed by atoms with Gasteiger partial charge in [-0.25, -0.2) is 8.42 Å². The van der Waals surface area contributed by atoms with Crippen molar-refractivity contribution in [2.45, 2.75) is 25.2 Å². The molecule has 3 aromatic heterocycles. The van der Waals surface area contributed by atoms with E-state index < -0.39 is 10.0 Å². The third kappa shape index (κ3) is 3.56. The number of nitrogens with zero attached hydrogens (tertiary/aromatic N) is 3. The molecule has 0 radical (unpaired) electrons. The average Bonchev–Trinajstić information content (AvgIpc) is 3.38. The normalized spacial score (nSPS) is 11.6. The number of nitrogens with one attached hydrogen (secondary N) is 2. The minimum Gasteiger partial charge on any atom is -0.339 e. The first-order chi connectivity index (χ1) is 13.4. The second-order valence-corrected chi connectivity index (χ2v) is 8.76. The lowest BCUT2D eigenvalue weighted by atomic mass is 10.1. The smallest absolute Gasteiger partial charge is 0.265 e. The van der Waals surface area contributed by atoms with Gasteiger partial charge in [0.25, 0.3) is 10.0 Å². The fourth-order valence-electron chi connectivity index (χ4n) is 2.90. The summed E-state index contributed by atoms with van der Waals surface area (Å²) in [6, 6.07) is 11.0. The van der Waals surface area contributed by atoms with Crippen molar-refractivity contribution in [1.29, 1.82) is 0 Å². The maximum Gasteiger partial charge on any atom is 0.265 e. The summed E-state index contributed by atoms with van der Waals surface area (Å²) >= 11 is 1.52. The maximum absolute atomic E-state index is 12.8. The van der Waals surface area contributed by atoms with Crippen molar-refractivity contribution in [3.05, 3.63) is 64.6 Å². The molecule has 8 nitrogen and oxygen atoms in total. The summed E-state index contributed by atoms with van der Waals surface area (Å²) in [7, 11) is -3.79. The molecule has 0 bridgehead atoms. The highest BCUT2D eigenvalue weighted by Crippen LogP contribution is 2.26. The van der Waals surface area contributed by atoms with Gasteiger partial charge in [-0.1, -0.05) is 29.4 Å². The van der Waals surface area contributed by atoms with E-state index in [-0.39, 0.29) is 4.90 Å². The van der Waals surface area contributed by atoms with Gasteiger partial charge in [-0.2, -0.15) is 10.1 Å². The molecule has 0 aliphatic heterocycles. The number of hydrogen-bond acceptors (Lipinski definition) is 7. The quantitative estimate of drug-likeness (QED) is 0.498. The molecule has 0 unspecified atom stereocenters. The van der Waals surface area contributed by atoms with E-state index in [0.29, 0.717) is 35.2 Å². The molecule has 3 heterocycles. The molecule has 0 amide bonds. The largest absolute Gasteiger partial charge is 0.339 e. The van der Waals surface area contributed by atoms with Crippen LogP contribution in [0.5, 0.6) is 0 Å². The van der Waals surface area contributed by atoms with Crippen LogP contribution in [0.4, 0.5) is 5.69 Å². The summed E-state index contributed by atoms with van der Waals surface area (Å²) in [4.78, 5) is 5.47. The van der Waals surface area contributed by atoms with Crippen LogP contribution in [0.25, 0.3) is 10.7 Å². The third-order valence-corrected chi connectivity index (χ3v) is 6.64. The first-order valence-corrected chi connectivity index (χ1v) is 10.8. The Balaban J connectivity index is 1.61. The summed E-state index contributed by atoms with van der Waals surface area (Å²) in [6.45, 7) is 3.32. The number of anilines is 1. The van der Waals surface area contributed by atoms with Gasteiger partial charge < -0.3 is 4.52 Å². The number of aromatic nitrogens is 4. The van der Waals surface area contributed by atoms with Crippen LogP contribution >= 0.6 is 11.3 Å². The summed E-state index contributed by atoms with van der Waals surface area (Å²) < 4.78 is 33.7. The molecule has 0 aliphatic rings. The SMILES string of the molecule is Cc1n[nH]c(C)c1S(=O)(=O)Nc1ccccc1Cc1nc(-c2cccs2)no1. The van der Waals surface area contributed by atoms with Crippen LogP contribution in [0.3, 0.4) is 0 Å². The van der Waals surface area contributed by atoms with Crippen LogP contribution in [0, 0.1) is 13.8 Å². The number of para-hydroxylation sites is 1. The molecule has 4 aromatic rings. The predicted molar refractivity (Wildman–Crippen MR) is 106 cm³/mol. The zero-order chi connectivity index (χ0) is 19.7. The van der Waals surface area contributed by atoms with E-state index in [1.807, 2.05) is 29.6 Å². The van der Waals surface area contributed by atoms with Gasteiger partial charge >= 0.3 is 0 Å². The summed E-state index contributed by atoms with van der Waals surface area (Å²) in [5, 5.41) is 12.6. The fraction of sp³-hybridized carbons (Fsp3) is 0.167. The van der Waals surface area contributed by atoms with Crippen molar-refractivity contribution in [3.8, 4) is 10.7 Å². The molecular formula is C18H17N5O3S2. The highest BCUT2D eigenvalue weighted by Gasteiger charge is 2.23. The second kappa shape index (κ2) is 7.21. The van der Waals surface area contributed by atoms with Crippen LogP contribution in [0.15, 0.2) is 51.2 Å². The number of sulfonamides is 1. The predicted octanol–water partition coefficient (Wildman–Crippen LogP) is 3.53. The highest BCUT2D eigenvalue weighted by atomic mass is 32.2. The molecular weight excluding hydrogens is 398 g/mol. The molecule has 0 spiro atoms. The number of thiophene rings is 1. The third-order valence-electron chi connectivity index (χ3n) is 4.14. The van der Waals surface area contributed by atoms with Gasteiger partial charge in [-0.15, -0.1) is 11.3 Å². The minimum atomic E-state index is -3.79. The van der Waals surface area contributed by atoms with E-state index in [0.717, 1.165) is 10.4 Å². The van der Waals surface area contributed by atoms with E-state index in [9.17, 15) is 8.42 Å². The van der Waals surface area contributed by atoms with Crippen LogP contribution in [0.1, 0.15) is 22.8 Å². The molecule has 0 saturated carbocycles. The molecule has 0 aliphatic carbocycles. The molecule has 10 heteroatoms. The van der Waals surface area contributed by atoms with Gasteiger partial charge in [0.1, 0.15) is 4.90 Å². The van der Waals surface area contributed by atoms with Gasteiger partial charge in [0.05, 0.1) is 28.4 Å². The van der Waals surface area contributed by atoms with Crippen molar-refractivity contribution in [1.82, 2.24) is 20.3 Å². The minimum absolute atomic E-state index is 0.153. The second-order valence-electron chi connectivity index (χ2n) is 6.19. The van der Waals surface area contributed by atoms with E-state index >= 15 is 0 Å². The van der Waals surface area contributed by atoms with E-state index in [4.69, 9.17) is 4.52 Å². The Morgan fingerprint density at radius 1 is 1.18 bits per heavy atom. The fourth-order valence-corrected chi connectivity index (χ4v) is 5.03. The summed E-state index contributed by atoms with van der Waals surface area (Å²) in [6.07, 6.45) is 0.306. The molecule has 0 atom stereocenters. The molecule has 0 saturated heterocycles. The van der Waals surface area contributed by atoms with Crippen LogP contribution in [-0.4, -0.2) is 28.8 Å². The monoisotopic (exact) mass is 415 g/mol. The maximum atomic E-state index is 12.8. The molecule has 144 valence electrons. The Bertz CT molecular complexity index is 1190. The van der Waals surface area contributed by atoms with Gasteiger partial charge in [-0.05, 0) is 36.9 Å². The van der Waals surface area contributed by atoms with Crippen molar-refractivity contribution in [2.24, 2.45) is 0 Å². The Kier molecular flexibility index (Phi) is 4.73. The molecule has 0 fully saturated rings. The Morgan fingerprint density at radius 2 is 2.00 bits per heavy atom. The lowest BCUT2D eigenvalue weighted by molar-refractivity contribution is 0.386. The molecule has 1 aromatic carbocycles. The van der Waals surface area contributed by atoms with E-state index in [1.54, 1.807) is 26.0 Å². The van der Waals surface area contributed by atoms with E-state index in [2.05, 4.69) is 25.1 Å². The zero-order valence-corrected chi connectivity index (χ0v) is 16.8. The van der Waals surface area contributed by atoms with Crippen LogP contribution in [0.2, 0.25) is 0 Å². The number of aromatic amines is 1. The number of aryl methyl sites for hydroxylation is 2. The lowest BCUT2D eigenvalue weighted by Crippen LogP contribution is -2.16. The highest BCUT2D eigenvalue weighted by molar-refractivity contribution is 7.92. The summed E-state index contributed by atoms with van der Waals surface area (Å²) in [5.74, 6) is 0.929. The topological polar surface area (TPSA) is 114 Å². The summed E-state index contributed by atoms with van der Waals surface area (Å²) in [5.41, 5.74) is 2.09. The van der Waals surface area contributed by atoms with Crippen molar-refractivity contribution >= 4 is 27.0 Å². The van der Waals surface area contributed by atoms with Crippen molar-refractivity contribution in [3.63, 3.8) is 0 Å². The Labute approximate surface area is 165 Å². The van der Waals surface area contributed by atoms with Gasteiger partial charge in [0, 0.05) is 0 Å². The first kappa shape index (κ1) is 18.4. The molecule has 4 rings (SSSR count). The Hall–Kier alpha value is -2.98. The number of hydrogen-bond donors (Lipinski definition) is 2. The zero-order valence-electron chi connectivity index (χ0n) is 15.1. The number of rotatable bonds is 6. The molecule has 2 N–H and O–H groups in total. The standard InChI is InChI=1S/C18H17N5O3S2/c1-11-17(12(2)21-20-11)28(24,25)23-14-7-4-3-6-13(14)10-16-19-18(22-26-16)15-8-5-9-27-15/h3-9,23H,10H2,1-2H3,(H,20,21). The number of H-pyrrole nitrogens is 1. The average molecular weight is 416 g/mol. The van der Waals surface area contributed by atoms with Crippen molar-refractivity contribution in [2.75, 3.05) is 4.72 Å². The van der Waals surface area contributed by atoms with Crippen LogP contribution in [-0.2, 0) is 16.4 Å².